The summed E-state index contributed by atoms with van der Waals surface area (Å²) < 4.78 is 0. The molecule has 3 rings (SSSR count). The summed E-state index contributed by atoms with van der Waals surface area (Å²) in [5.41, 5.74) is 3.18. The Morgan fingerprint density at radius 2 is 1.90 bits per heavy atom. The molecule has 0 aliphatic heterocycles. The van der Waals surface area contributed by atoms with E-state index in [9.17, 15) is 4.79 Å². The number of hydrogen-bond acceptors (Lipinski definition) is 2. The monoisotopic (exact) mass is 299 g/mol. The van der Waals surface area contributed by atoms with E-state index in [4.69, 9.17) is 11.6 Å². The quantitative estimate of drug-likeness (QED) is 0.812. The van der Waals surface area contributed by atoms with E-state index in [1.54, 1.807) is 13.0 Å². The Kier molecular flexibility index (Phi) is 3.73. The second-order valence-corrected chi connectivity index (χ2v) is 6.22. The highest BCUT2D eigenvalue weighted by Crippen LogP contribution is 2.48. The lowest BCUT2D eigenvalue weighted by Crippen LogP contribution is -2.19. The molecule has 0 saturated heterocycles. The average molecular weight is 300 g/mol. The first-order valence-electron chi connectivity index (χ1n) is 7.20. The fourth-order valence-corrected chi connectivity index (χ4v) is 2.91. The van der Waals surface area contributed by atoms with Gasteiger partial charge in [-0.2, -0.15) is 0 Å². The largest absolute Gasteiger partial charge is 0.384 e. The van der Waals surface area contributed by atoms with E-state index in [0.717, 1.165) is 12.2 Å². The first-order valence-corrected chi connectivity index (χ1v) is 7.58. The van der Waals surface area contributed by atoms with Crippen LogP contribution in [0.3, 0.4) is 0 Å². The van der Waals surface area contributed by atoms with Gasteiger partial charge in [0.2, 0.25) is 0 Å². The number of Topliss-reactive ketones (excluding diaryl/α,β-unsaturated/α-hetero) is 1. The van der Waals surface area contributed by atoms with Crippen molar-refractivity contribution in [2.24, 2.45) is 0 Å². The number of carbonyl (C=O) groups is 1. The van der Waals surface area contributed by atoms with E-state index >= 15 is 0 Å². The Morgan fingerprint density at radius 1 is 1.19 bits per heavy atom. The lowest BCUT2D eigenvalue weighted by atomic mass is 9.96. The summed E-state index contributed by atoms with van der Waals surface area (Å²) in [6, 6.07) is 16.0. The molecule has 0 spiro atoms. The van der Waals surface area contributed by atoms with Crippen LogP contribution in [0.15, 0.2) is 48.5 Å². The average Bonchev–Trinajstić information content (AvgIpc) is 3.27. The molecule has 1 aliphatic rings. The van der Waals surface area contributed by atoms with Gasteiger partial charge >= 0.3 is 0 Å². The number of nitrogens with one attached hydrogen (secondary N) is 1. The normalized spacial score (nSPS) is 15.5. The third-order valence-corrected chi connectivity index (χ3v) is 4.39. The molecule has 1 N–H and O–H groups in total. The third kappa shape index (κ3) is 3.11. The van der Waals surface area contributed by atoms with Crippen LogP contribution in [0.1, 0.15) is 35.7 Å². The van der Waals surface area contributed by atoms with Crippen molar-refractivity contribution in [1.29, 1.82) is 0 Å². The molecular weight excluding hydrogens is 282 g/mol. The molecule has 3 heteroatoms. The zero-order valence-corrected chi connectivity index (χ0v) is 12.8. The Bertz CT molecular complexity index is 662. The molecule has 1 saturated carbocycles. The lowest BCUT2D eigenvalue weighted by molar-refractivity contribution is 0.101. The van der Waals surface area contributed by atoms with Gasteiger partial charge in [0, 0.05) is 28.2 Å². The van der Waals surface area contributed by atoms with Crippen LogP contribution in [0.2, 0.25) is 5.02 Å². The summed E-state index contributed by atoms with van der Waals surface area (Å²) >= 11 is 6.08. The Balaban J connectivity index is 1.75. The van der Waals surface area contributed by atoms with E-state index in [1.807, 2.05) is 18.2 Å². The highest BCUT2D eigenvalue weighted by Gasteiger charge is 2.43. The van der Waals surface area contributed by atoms with Crippen molar-refractivity contribution >= 4 is 23.1 Å². The van der Waals surface area contributed by atoms with Crippen LogP contribution in [-0.4, -0.2) is 12.3 Å². The zero-order chi connectivity index (χ0) is 14.9. The Morgan fingerprint density at radius 3 is 2.52 bits per heavy atom. The number of benzene rings is 2. The molecule has 0 heterocycles. The number of rotatable bonds is 5. The first-order chi connectivity index (χ1) is 10.1. The van der Waals surface area contributed by atoms with Gasteiger partial charge in [0.05, 0.1) is 0 Å². The molecule has 1 aliphatic carbocycles. The Hall–Kier alpha value is -1.80. The van der Waals surface area contributed by atoms with Gasteiger partial charge in [-0.15, -0.1) is 0 Å². The van der Waals surface area contributed by atoms with Crippen molar-refractivity contribution in [3.05, 3.63) is 64.7 Å². The van der Waals surface area contributed by atoms with Gasteiger partial charge < -0.3 is 5.32 Å². The van der Waals surface area contributed by atoms with Crippen LogP contribution in [0, 0.1) is 0 Å². The number of halogens is 1. The predicted molar refractivity (Wildman–Crippen MR) is 87.3 cm³/mol. The number of hydrogen-bond donors (Lipinski definition) is 1. The summed E-state index contributed by atoms with van der Waals surface area (Å²) in [6.07, 6.45) is 2.40. The van der Waals surface area contributed by atoms with Crippen molar-refractivity contribution in [2.45, 2.75) is 25.2 Å². The number of anilines is 1. The summed E-state index contributed by atoms with van der Waals surface area (Å²) in [7, 11) is 0. The molecule has 21 heavy (non-hydrogen) atoms. The molecule has 0 amide bonds. The van der Waals surface area contributed by atoms with Crippen LogP contribution in [0.4, 0.5) is 5.69 Å². The van der Waals surface area contributed by atoms with Crippen molar-refractivity contribution in [2.75, 3.05) is 11.9 Å². The van der Waals surface area contributed by atoms with Crippen molar-refractivity contribution < 1.29 is 4.79 Å². The van der Waals surface area contributed by atoms with Gasteiger partial charge in [-0.1, -0.05) is 41.9 Å². The maximum Gasteiger partial charge on any atom is 0.159 e. The standard InChI is InChI=1S/C18H18ClNO/c1-13(21)14-9-16(19)11-17(10-14)20-12-18(7-8-18)15-5-3-2-4-6-15/h2-6,9-11,20H,7-8,12H2,1H3. The first kappa shape index (κ1) is 14.2. The van der Waals surface area contributed by atoms with E-state index in [0.29, 0.717) is 10.6 Å². The van der Waals surface area contributed by atoms with Gasteiger partial charge in [-0.3, -0.25) is 4.79 Å². The van der Waals surface area contributed by atoms with Gasteiger partial charge in [-0.05, 0) is 43.5 Å². The smallest absolute Gasteiger partial charge is 0.159 e. The van der Waals surface area contributed by atoms with Crippen LogP contribution in [0.25, 0.3) is 0 Å². The SMILES string of the molecule is CC(=O)c1cc(Cl)cc(NCC2(c3ccccc3)CC2)c1. The summed E-state index contributed by atoms with van der Waals surface area (Å²) in [5, 5.41) is 4.04. The molecule has 2 nitrogen and oxygen atoms in total. The van der Waals surface area contributed by atoms with Gasteiger partial charge in [0.15, 0.2) is 5.78 Å². The second kappa shape index (κ2) is 5.53. The van der Waals surface area contributed by atoms with Gasteiger partial charge in [0.1, 0.15) is 0 Å². The summed E-state index contributed by atoms with van der Waals surface area (Å²) in [5.74, 6) is 0.0322. The number of carbonyl (C=O) groups excluding carboxylic acids is 1. The molecular formula is C18H18ClNO. The fourth-order valence-electron chi connectivity index (χ4n) is 2.68. The maximum absolute atomic E-state index is 11.5. The molecule has 2 aromatic carbocycles. The molecule has 0 unspecified atom stereocenters. The minimum atomic E-state index is 0.0322. The van der Waals surface area contributed by atoms with E-state index in [-0.39, 0.29) is 11.2 Å². The predicted octanol–water partition coefficient (Wildman–Crippen LogP) is 4.69. The van der Waals surface area contributed by atoms with Crippen molar-refractivity contribution in [3.63, 3.8) is 0 Å². The highest BCUT2D eigenvalue weighted by molar-refractivity contribution is 6.31. The third-order valence-electron chi connectivity index (χ3n) is 4.17. The molecule has 0 aromatic heterocycles. The highest BCUT2D eigenvalue weighted by atomic mass is 35.5. The maximum atomic E-state index is 11.5. The lowest BCUT2D eigenvalue weighted by Gasteiger charge is -2.18. The molecule has 0 bridgehead atoms. The summed E-state index contributed by atoms with van der Waals surface area (Å²) in [6.45, 7) is 2.43. The van der Waals surface area contributed by atoms with Crippen LogP contribution >= 0.6 is 11.6 Å². The van der Waals surface area contributed by atoms with Crippen LogP contribution in [0.5, 0.6) is 0 Å². The Labute approximate surface area is 130 Å². The molecule has 108 valence electrons. The topological polar surface area (TPSA) is 29.1 Å². The van der Waals surface area contributed by atoms with E-state index in [2.05, 4.69) is 29.6 Å². The van der Waals surface area contributed by atoms with Crippen LogP contribution < -0.4 is 5.32 Å². The molecule has 0 radical (unpaired) electrons. The second-order valence-electron chi connectivity index (χ2n) is 5.78. The van der Waals surface area contributed by atoms with Gasteiger partial charge in [-0.25, -0.2) is 0 Å². The van der Waals surface area contributed by atoms with Crippen molar-refractivity contribution in [1.82, 2.24) is 0 Å². The molecule has 2 aromatic rings. The van der Waals surface area contributed by atoms with Crippen molar-refractivity contribution in [3.8, 4) is 0 Å². The minimum Gasteiger partial charge on any atom is -0.384 e. The molecule has 0 atom stereocenters. The number of ketones is 1. The minimum absolute atomic E-state index is 0.0322. The summed E-state index contributed by atoms with van der Waals surface area (Å²) in [4.78, 5) is 11.5. The molecule has 1 fully saturated rings. The zero-order valence-electron chi connectivity index (χ0n) is 12.0. The van der Waals surface area contributed by atoms with E-state index in [1.165, 1.54) is 18.4 Å². The van der Waals surface area contributed by atoms with Crippen LogP contribution in [-0.2, 0) is 5.41 Å². The fraction of sp³-hybridized carbons (Fsp3) is 0.278. The van der Waals surface area contributed by atoms with Gasteiger partial charge in [0.25, 0.3) is 0 Å². The van der Waals surface area contributed by atoms with E-state index < -0.39 is 0 Å².